The molecule has 2 aromatic rings. The van der Waals surface area contributed by atoms with Gasteiger partial charge in [0, 0.05) is 30.3 Å². The molecule has 2 rings (SSSR count). The van der Waals surface area contributed by atoms with Crippen molar-refractivity contribution in [1.82, 2.24) is 15.5 Å². The SMILES string of the molecule is CC(=O)N[C@H](CC(=O)Nc1cc(C)[nH]n1)c1ccc(F)cc1F. The maximum atomic E-state index is 13.9. The minimum absolute atomic E-state index is 0.0370. The van der Waals surface area contributed by atoms with Crippen molar-refractivity contribution >= 4 is 17.6 Å². The molecule has 0 unspecified atom stereocenters. The minimum Gasteiger partial charge on any atom is -0.349 e. The smallest absolute Gasteiger partial charge is 0.227 e. The van der Waals surface area contributed by atoms with E-state index < -0.39 is 29.5 Å². The molecule has 0 saturated heterocycles. The van der Waals surface area contributed by atoms with Crippen molar-refractivity contribution in [3.8, 4) is 0 Å². The highest BCUT2D eigenvalue weighted by molar-refractivity contribution is 5.90. The van der Waals surface area contributed by atoms with Gasteiger partial charge >= 0.3 is 0 Å². The fraction of sp³-hybridized carbons (Fsp3) is 0.267. The van der Waals surface area contributed by atoms with Crippen LogP contribution in [0.25, 0.3) is 0 Å². The van der Waals surface area contributed by atoms with Gasteiger partial charge in [-0.05, 0) is 13.0 Å². The number of aromatic amines is 1. The number of nitrogens with zero attached hydrogens (tertiary/aromatic N) is 1. The van der Waals surface area contributed by atoms with Gasteiger partial charge in [-0.15, -0.1) is 0 Å². The molecule has 0 saturated carbocycles. The number of halogens is 2. The molecule has 0 radical (unpaired) electrons. The topological polar surface area (TPSA) is 86.9 Å². The van der Waals surface area contributed by atoms with E-state index in [9.17, 15) is 18.4 Å². The third-order valence-corrected chi connectivity index (χ3v) is 3.08. The van der Waals surface area contributed by atoms with Crippen LogP contribution in [0.5, 0.6) is 0 Å². The summed E-state index contributed by atoms with van der Waals surface area (Å²) in [6, 6.07) is 3.70. The van der Waals surface area contributed by atoms with Gasteiger partial charge in [0.15, 0.2) is 5.82 Å². The molecule has 122 valence electrons. The van der Waals surface area contributed by atoms with E-state index in [1.807, 2.05) is 0 Å². The first-order valence-corrected chi connectivity index (χ1v) is 6.89. The quantitative estimate of drug-likeness (QED) is 0.789. The van der Waals surface area contributed by atoms with Crippen LogP contribution in [-0.2, 0) is 9.59 Å². The first kappa shape index (κ1) is 16.6. The lowest BCUT2D eigenvalue weighted by molar-refractivity contribution is -0.120. The Morgan fingerprint density at radius 3 is 2.61 bits per heavy atom. The van der Waals surface area contributed by atoms with Crippen molar-refractivity contribution in [3.63, 3.8) is 0 Å². The minimum atomic E-state index is -0.909. The second-order valence-electron chi connectivity index (χ2n) is 5.11. The second-order valence-corrected chi connectivity index (χ2v) is 5.11. The lowest BCUT2D eigenvalue weighted by atomic mass is 10.0. The van der Waals surface area contributed by atoms with Crippen molar-refractivity contribution in [2.75, 3.05) is 5.32 Å². The summed E-state index contributed by atoms with van der Waals surface area (Å²) < 4.78 is 26.9. The molecule has 0 aliphatic carbocycles. The van der Waals surface area contributed by atoms with Gasteiger partial charge in [-0.3, -0.25) is 14.7 Å². The van der Waals surface area contributed by atoms with E-state index >= 15 is 0 Å². The number of nitrogens with one attached hydrogen (secondary N) is 3. The van der Waals surface area contributed by atoms with Crippen LogP contribution in [0.2, 0.25) is 0 Å². The number of carbonyl (C=O) groups is 2. The van der Waals surface area contributed by atoms with Crippen molar-refractivity contribution in [1.29, 1.82) is 0 Å². The van der Waals surface area contributed by atoms with Crippen molar-refractivity contribution in [3.05, 3.63) is 47.2 Å². The summed E-state index contributed by atoms with van der Waals surface area (Å²) in [5.41, 5.74) is 0.804. The highest BCUT2D eigenvalue weighted by Crippen LogP contribution is 2.22. The molecule has 0 aliphatic heterocycles. The van der Waals surface area contributed by atoms with Gasteiger partial charge in [-0.1, -0.05) is 6.07 Å². The van der Waals surface area contributed by atoms with Crippen molar-refractivity contribution in [2.24, 2.45) is 0 Å². The Morgan fingerprint density at radius 1 is 1.30 bits per heavy atom. The van der Waals surface area contributed by atoms with E-state index in [0.717, 1.165) is 11.8 Å². The van der Waals surface area contributed by atoms with Crippen LogP contribution >= 0.6 is 0 Å². The van der Waals surface area contributed by atoms with Gasteiger partial charge < -0.3 is 10.6 Å². The van der Waals surface area contributed by atoms with Crippen molar-refractivity contribution in [2.45, 2.75) is 26.3 Å². The van der Waals surface area contributed by atoms with Crippen LogP contribution in [0.3, 0.4) is 0 Å². The number of H-pyrrole nitrogens is 1. The number of anilines is 1. The summed E-state index contributed by atoms with van der Waals surface area (Å²) in [5, 5.41) is 11.6. The summed E-state index contributed by atoms with van der Waals surface area (Å²) in [7, 11) is 0. The van der Waals surface area contributed by atoms with Crippen LogP contribution < -0.4 is 10.6 Å². The molecule has 3 N–H and O–H groups in total. The lowest BCUT2D eigenvalue weighted by Gasteiger charge is -2.18. The predicted octanol–water partition coefficient (Wildman–Crippen LogP) is 2.20. The average Bonchev–Trinajstić information content (AvgIpc) is 2.82. The maximum absolute atomic E-state index is 13.9. The predicted molar refractivity (Wildman–Crippen MR) is 79.5 cm³/mol. The summed E-state index contributed by atoms with van der Waals surface area (Å²) in [5.74, 6) is -2.12. The van der Waals surface area contributed by atoms with Crippen LogP contribution in [0.15, 0.2) is 24.3 Å². The molecule has 6 nitrogen and oxygen atoms in total. The molecule has 1 aromatic carbocycles. The van der Waals surface area contributed by atoms with Gasteiger partial charge in [0.2, 0.25) is 11.8 Å². The molecule has 0 spiro atoms. The van der Waals surface area contributed by atoms with Gasteiger partial charge in [0.25, 0.3) is 0 Å². The third-order valence-electron chi connectivity index (χ3n) is 3.08. The first-order valence-electron chi connectivity index (χ1n) is 6.89. The number of aromatic nitrogens is 2. The molecule has 0 aliphatic rings. The monoisotopic (exact) mass is 322 g/mol. The second kappa shape index (κ2) is 6.99. The zero-order valence-corrected chi connectivity index (χ0v) is 12.6. The van der Waals surface area contributed by atoms with Crippen LogP contribution in [0, 0.1) is 18.6 Å². The molecule has 2 amide bonds. The van der Waals surface area contributed by atoms with Crippen LogP contribution in [0.1, 0.15) is 30.6 Å². The lowest BCUT2D eigenvalue weighted by Crippen LogP contribution is -2.30. The number of benzene rings is 1. The van der Waals surface area contributed by atoms with E-state index in [-0.39, 0.29) is 12.0 Å². The van der Waals surface area contributed by atoms with E-state index in [4.69, 9.17) is 0 Å². The highest BCUT2D eigenvalue weighted by atomic mass is 19.1. The number of hydrogen-bond acceptors (Lipinski definition) is 3. The molecule has 23 heavy (non-hydrogen) atoms. The largest absolute Gasteiger partial charge is 0.349 e. The molecular weight excluding hydrogens is 306 g/mol. The maximum Gasteiger partial charge on any atom is 0.227 e. The number of hydrogen-bond donors (Lipinski definition) is 3. The Balaban J connectivity index is 2.14. The zero-order valence-electron chi connectivity index (χ0n) is 12.6. The van der Waals surface area contributed by atoms with Crippen LogP contribution in [-0.4, -0.2) is 22.0 Å². The summed E-state index contributed by atoms with van der Waals surface area (Å²) >= 11 is 0. The Labute approximate surface area is 131 Å². The third kappa shape index (κ3) is 4.60. The summed E-state index contributed by atoms with van der Waals surface area (Å²) in [4.78, 5) is 23.3. The fourth-order valence-corrected chi connectivity index (χ4v) is 2.13. The van der Waals surface area contributed by atoms with E-state index in [1.54, 1.807) is 13.0 Å². The van der Waals surface area contributed by atoms with Gasteiger partial charge in [0.1, 0.15) is 11.6 Å². The normalized spacial score (nSPS) is 11.8. The zero-order chi connectivity index (χ0) is 17.0. The highest BCUT2D eigenvalue weighted by Gasteiger charge is 2.21. The average molecular weight is 322 g/mol. The first-order chi connectivity index (χ1) is 10.8. The van der Waals surface area contributed by atoms with Gasteiger partial charge in [-0.2, -0.15) is 5.10 Å². The molecule has 1 heterocycles. The molecule has 1 aromatic heterocycles. The number of rotatable bonds is 5. The molecule has 0 bridgehead atoms. The fourth-order valence-electron chi connectivity index (χ4n) is 2.13. The van der Waals surface area contributed by atoms with E-state index in [0.29, 0.717) is 11.9 Å². The summed E-state index contributed by atoms with van der Waals surface area (Å²) in [6.45, 7) is 3.03. The van der Waals surface area contributed by atoms with Crippen molar-refractivity contribution < 1.29 is 18.4 Å². The van der Waals surface area contributed by atoms with Crippen LogP contribution in [0.4, 0.5) is 14.6 Å². The Kier molecular flexibility index (Phi) is 5.05. The van der Waals surface area contributed by atoms with E-state index in [2.05, 4.69) is 20.8 Å². The number of amides is 2. The summed E-state index contributed by atoms with van der Waals surface area (Å²) in [6.07, 6.45) is -0.214. The standard InChI is InChI=1S/C15H16F2N4O2/c1-8-5-14(21-20-8)19-15(23)7-13(18-9(2)22)11-4-3-10(16)6-12(11)17/h3-6,13H,7H2,1-2H3,(H,18,22)(H2,19,20,21,23)/t13-/m1/s1. The number of aryl methyl sites for hydroxylation is 1. The molecule has 0 fully saturated rings. The number of carbonyl (C=O) groups excluding carboxylic acids is 2. The molecule has 8 heteroatoms. The van der Waals surface area contributed by atoms with E-state index in [1.165, 1.54) is 13.0 Å². The van der Waals surface area contributed by atoms with Gasteiger partial charge in [0.05, 0.1) is 12.5 Å². The Bertz CT molecular complexity index is 730. The molecule has 1 atom stereocenters. The Morgan fingerprint density at radius 2 is 2.04 bits per heavy atom. The Hall–Kier alpha value is -2.77. The molecular formula is C15H16F2N4O2. The van der Waals surface area contributed by atoms with Gasteiger partial charge in [-0.25, -0.2) is 8.78 Å².